The maximum absolute atomic E-state index is 12.4. The Morgan fingerprint density at radius 3 is 2.52 bits per heavy atom. The number of carbonyl (C=O) groups excluding carboxylic acids is 1. The predicted octanol–water partition coefficient (Wildman–Crippen LogP) is 5.48. The molecule has 0 radical (unpaired) electrons. The van der Waals surface area contributed by atoms with Gasteiger partial charge in [0.15, 0.2) is 11.0 Å². The molecule has 0 saturated heterocycles. The molecule has 0 aliphatic heterocycles. The summed E-state index contributed by atoms with van der Waals surface area (Å²) in [5, 5.41) is 13.1. The van der Waals surface area contributed by atoms with Gasteiger partial charge in [-0.3, -0.25) is 14.3 Å². The Morgan fingerprint density at radius 1 is 0.970 bits per heavy atom. The zero-order valence-electron chi connectivity index (χ0n) is 17.6. The molecule has 4 rings (SSSR count). The van der Waals surface area contributed by atoms with Crippen molar-refractivity contribution in [2.24, 2.45) is 0 Å². The normalized spacial score (nSPS) is 10.8. The molecule has 6 nitrogen and oxygen atoms in total. The molecule has 2 aromatic heterocycles. The SMILES string of the molecule is O=C(CSc1nnc(-c2ccncc2)n1-c1ccc(Cl)c(Cl)c1)NCCCc1ccccc1. The van der Waals surface area contributed by atoms with Crippen LogP contribution in [0.2, 0.25) is 10.0 Å². The van der Waals surface area contributed by atoms with Gasteiger partial charge in [-0.1, -0.05) is 65.3 Å². The number of carbonyl (C=O) groups is 1. The molecule has 0 aliphatic rings. The fourth-order valence-corrected chi connectivity index (χ4v) is 4.33. The number of benzene rings is 2. The Bertz CT molecular complexity index is 1220. The highest BCUT2D eigenvalue weighted by atomic mass is 35.5. The molecule has 0 bridgehead atoms. The Balaban J connectivity index is 1.44. The zero-order valence-corrected chi connectivity index (χ0v) is 19.9. The van der Waals surface area contributed by atoms with Gasteiger partial charge in [0, 0.05) is 24.5 Å². The Hall–Kier alpha value is -2.87. The topological polar surface area (TPSA) is 72.7 Å². The third kappa shape index (κ3) is 6.13. The molecule has 0 fully saturated rings. The second-order valence-electron chi connectivity index (χ2n) is 7.20. The molecule has 0 saturated carbocycles. The van der Waals surface area contributed by atoms with E-state index in [1.807, 2.05) is 41.0 Å². The average Bonchev–Trinajstić information content (AvgIpc) is 3.27. The van der Waals surface area contributed by atoms with Crippen LogP contribution < -0.4 is 5.32 Å². The lowest BCUT2D eigenvalue weighted by Crippen LogP contribution is -2.26. The molecule has 2 aromatic carbocycles. The fraction of sp³-hybridized carbons (Fsp3) is 0.167. The summed E-state index contributed by atoms with van der Waals surface area (Å²) >= 11 is 13.7. The number of aryl methyl sites for hydroxylation is 1. The van der Waals surface area contributed by atoms with Crippen molar-refractivity contribution in [1.82, 2.24) is 25.1 Å². The van der Waals surface area contributed by atoms with E-state index in [1.165, 1.54) is 17.3 Å². The molecule has 0 spiro atoms. The molecule has 9 heteroatoms. The van der Waals surface area contributed by atoms with Gasteiger partial charge in [-0.25, -0.2) is 0 Å². The first-order chi connectivity index (χ1) is 16.1. The summed E-state index contributed by atoms with van der Waals surface area (Å²) in [4.78, 5) is 16.5. The molecule has 1 N–H and O–H groups in total. The number of halogens is 2. The second-order valence-corrected chi connectivity index (χ2v) is 8.96. The number of rotatable bonds is 9. The maximum Gasteiger partial charge on any atom is 0.230 e. The maximum atomic E-state index is 12.4. The number of hydrogen-bond donors (Lipinski definition) is 1. The van der Waals surface area contributed by atoms with E-state index >= 15 is 0 Å². The van der Waals surface area contributed by atoms with Crippen LogP contribution in [0.4, 0.5) is 0 Å². The lowest BCUT2D eigenvalue weighted by Gasteiger charge is -2.11. The number of amides is 1. The minimum Gasteiger partial charge on any atom is -0.355 e. The van der Waals surface area contributed by atoms with Gasteiger partial charge in [0.25, 0.3) is 0 Å². The number of thioether (sulfide) groups is 1. The number of aromatic nitrogens is 4. The summed E-state index contributed by atoms with van der Waals surface area (Å²) in [7, 11) is 0. The van der Waals surface area contributed by atoms with Crippen molar-refractivity contribution in [2.75, 3.05) is 12.3 Å². The lowest BCUT2D eigenvalue weighted by atomic mass is 10.1. The van der Waals surface area contributed by atoms with Crippen LogP contribution in [-0.4, -0.2) is 38.0 Å². The van der Waals surface area contributed by atoms with Crippen molar-refractivity contribution in [2.45, 2.75) is 18.0 Å². The average molecular weight is 498 g/mol. The summed E-state index contributed by atoms with van der Waals surface area (Å²) in [6.07, 6.45) is 5.19. The molecule has 4 aromatic rings. The first-order valence-electron chi connectivity index (χ1n) is 10.4. The van der Waals surface area contributed by atoms with Gasteiger partial charge >= 0.3 is 0 Å². The van der Waals surface area contributed by atoms with Crippen LogP contribution in [0.1, 0.15) is 12.0 Å². The molecular weight excluding hydrogens is 477 g/mol. The van der Waals surface area contributed by atoms with Crippen LogP contribution in [0.25, 0.3) is 17.1 Å². The number of nitrogens with one attached hydrogen (secondary N) is 1. The predicted molar refractivity (Wildman–Crippen MR) is 133 cm³/mol. The highest BCUT2D eigenvalue weighted by Gasteiger charge is 2.18. The molecule has 0 atom stereocenters. The van der Waals surface area contributed by atoms with Gasteiger partial charge < -0.3 is 5.32 Å². The smallest absolute Gasteiger partial charge is 0.230 e. The number of pyridine rings is 1. The molecule has 2 heterocycles. The largest absolute Gasteiger partial charge is 0.355 e. The summed E-state index contributed by atoms with van der Waals surface area (Å²) in [6.45, 7) is 0.621. The van der Waals surface area contributed by atoms with E-state index in [0.29, 0.717) is 27.6 Å². The number of hydrogen-bond acceptors (Lipinski definition) is 5. The van der Waals surface area contributed by atoms with Gasteiger partial charge in [0.1, 0.15) is 0 Å². The van der Waals surface area contributed by atoms with E-state index < -0.39 is 0 Å². The van der Waals surface area contributed by atoms with Crippen molar-refractivity contribution in [3.63, 3.8) is 0 Å². The molecule has 1 amide bonds. The lowest BCUT2D eigenvalue weighted by molar-refractivity contribution is -0.118. The molecule has 168 valence electrons. The van der Waals surface area contributed by atoms with E-state index in [0.717, 1.165) is 24.1 Å². The number of nitrogens with zero attached hydrogens (tertiary/aromatic N) is 4. The van der Waals surface area contributed by atoms with Gasteiger partial charge in [-0.15, -0.1) is 10.2 Å². The van der Waals surface area contributed by atoms with Crippen molar-refractivity contribution in [3.05, 3.63) is 88.7 Å². The quantitative estimate of drug-likeness (QED) is 0.245. The van der Waals surface area contributed by atoms with Gasteiger partial charge in [0.05, 0.1) is 21.5 Å². The summed E-state index contributed by atoms with van der Waals surface area (Å²) < 4.78 is 1.87. The van der Waals surface area contributed by atoms with Crippen LogP contribution >= 0.6 is 35.0 Å². The zero-order chi connectivity index (χ0) is 23.0. The van der Waals surface area contributed by atoms with E-state index in [4.69, 9.17) is 23.2 Å². The highest BCUT2D eigenvalue weighted by molar-refractivity contribution is 7.99. The minimum absolute atomic E-state index is 0.0535. The molecule has 33 heavy (non-hydrogen) atoms. The van der Waals surface area contributed by atoms with E-state index in [2.05, 4.69) is 32.6 Å². The van der Waals surface area contributed by atoms with Gasteiger partial charge in [-0.2, -0.15) is 0 Å². The van der Waals surface area contributed by atoms with E-state index in [-0.39, 0.29) is 11.7 Å². The van der Waals surface area contributed by atoms with E-state index in [9.17, 15) is 4.79 Å². The Labute approximate surface area is 206 Å². The van der Waals surface area contributed by atoms with Crippen molar-refractivity contribution >= 4 is 40.9 Å². The van der Waals surface area contributed by atoms with Crippen LogP contribution in [-0.2, 0) is 11.2 Å². The molecular formula is C24H21Cl2N5OS. The van der Waals surface area contributed by atoms with Crippen molar-refractivity contribution in [1.29, 1.82) is 0 Å². The fourth-order valence-electron chi connectivity index (χ4n) is 3.25. The van der Waals surface area contributed by atoms with Crippen LogP contribution in [0, 0.1) is 0 Å². The minimum atomic E-state index is -0.0535. The monoisotopic (exact) mass is 497 g/mol. The van der Waals surface area contributed by atoms with Crippen LogP contribution in [0.3, 0.4) is 0 Å². The van der Waals surface area contributed by atoms with E-state index in [1.54, 1.807) is 24.5 Å². The summed E-state index contributed by atoms with van der Waals surface area (Å²) in [5.74, 6) is 0.796. The standard InChI is InChI=1S/C24H21Cl2N5OS/c25-20-9-8-19(15-21(20)26)31-23(18-10-13-27-14-11-18)29-30-24(31)33-16-22(32)28-12-4-7-17-5-2-1-3-6-17/h1-3,5-6,8-11,13-15H,4,7,12,16H2,(H,28,32). The van der Waals surface area contributed by atoms with Gasteiger partial charge in [0.2, 0.25) is 5.91 Å². The molecule has 0 aliphatic carbocycles. The summed E-state index contributed by atoms with van der Waals surface area (Å²) in [5.41, 5.74) is 2.87. The third-order valence-corrected chi connectivity index (χ3v) is 6.54. The van der Waals surface area contributed by atoms with Crippen LogP contribution in [0.5, 0.6) is 0 Å². The first kappa shape index (κ1) is 23.3. The third-order valence-electron chi connectivity index (χ3n) is 4.87. The van der Waals surface area contributed by atoms with Gasteiger partial charge in [-0.05, 0) is 48.7 Å². The van der Waals surface area contributed by atoms with Crippen LogP contribution in [0.15, 0.2) is 78.2 Å². The van der Waals surface area contributed by atoms with Crippen molar-refractivity contribution in [3.8, 4) is 17.1 Å². The Morgan fingerprint density at radius 2 is 1.76 bits per heavy atom. The second kappa shape index (κ2) is 11.3. The molecule has 0 unspecified atom stereocenters. The Kier molecular flexibility index (Phi) is 7.99. The first-order valence-corrected chi connectivity index (χ1v) is 12.1. The highest BCUT2D eigenvalue weighted by Crippen LogP contribution is 2.31. The van der Waals surface area contributed by atoms with Crippen molar-refractivity contribution < 1.29 is 4.79 Å². The summed E-state index contributed by atoms with van der Waals surface area (Å²) in [6, 6.07) is 19.3.